The number of carbonyl (C=O) groups is 1. The number of nitrogens with zero attached hydrogens (tertiary/aromatic N) is 2. The van der Waals surface area contributed by atoms with E-state index in [1.54, 1.807) is 24.5 Å². The highest BCUT2D eigenvalue weighted by atomic mass is 16.4. The molecule has 0 aliphatic heterocycles. The third kappa shape index (κ3) is 3.52. The molecule has 2 heterocycles. The molecule has 4 nitrogen and oxygen atoms in total. The molecule has 0 bridgehead atoms. The van der Waals surface area contributed by atoms with Crippen LogP contribution in [-0.4, -0.2) is 21.0 Å². The molecule has 0 amide bonds. The molecule has 0 spiro atoms. The van der Waals surface area contributed by atoms with Gasteiger partial charge in [0.2, 0.25) is 0 Å². The highest BCUT2D eigenvalue weighted by Gasteiger charge is 2.18. The van der Waals surface area contributed by atoms with E-state index in [9.17, 15) is 9.90 Å². The van der Waals surface area contributed by atoms with Crippen LogP contribution in [0.5, 0.6) is 0 Å². The number of carboxylic acid groups (broad SMARTS) is 1. The van der Waals surface area contributed by atoms with Crippen molar-refractivity contribution in [3.63, 3.8) is 0 Å². The smallest absolute Gasteiger partial charge is 0.335 e. The highest BCUT2D eigenvalue weighted by molar-refractivity contribution is 5.90. The molecule has 4 rings (SSSR count). The molecule has 142 valence electrons. The molecule has 0 saturated carbocycles. The van der Waals surface area contributed by atoms with Gasteiger partial charge in [-0.15, -0.1) is 0 Å². The molecular weight excluding hydrogens is 360 g/mol. The van der Waals surface area contributed by atoms with E-state index in [2.05, 4.69) is 29.9 Å². The van der Waals surface area contributed by atoms with Gasteiger partial charge in [0.25, 0.3) is 0 Å². The second-order valence-corrected chi connectivity index (χ2v) is 6.91. The molecule has 0 unspecified atom stereocenters. The maximum atomic E-state index is 11.2. The lowest BCUT2D eigenvalue weighted by atomic mass is 9.86. The molecule has 0 atom stereocenters. The number of hydrogen-bond donors (Lipinski definition) is 1. The first kappa shape index (κ1) is 18.6. The number of hydrogen-bond acceptors (Lipinski definition) is 3. The molecule has 1 N–H and O–H groups in total. The Hall–Kier alpha value is -3.79. The van der Waals surface area contributed by atoms with Crippen LogP contribution in [0.25, 0.3) is 33.6 Å². The third-order valence-electron chi connectivity index (χ3n) is 5.15. The summed E-state index contributed by atoms with van der Waals surface area (Å²) in [6.45, 7) is 4.17. The first-order chi connectivity index (χ1) is 14.1. The van der Waals surface area contributed by atoms with Crippen LogP contribution in [0.3, 0.4) is 0 Å². The van der Waals surface area contributed by atoms with E-state index in [-0.39, 0.29) is 5.56 Å². The molecule has 29 heavy (non-hydrogen) atoms. The molecule has 0 fully saturated rings. The van der Waals surface area contributed by atoms with E-state index in [0.717, 1.165) is 44.8 Å². The van der Waals surface area contributed by atoms with Gasteiger partial charge in [0.1, 0.15) is 0 Å². The Balaban J connectivity index is 2.00. The highest BCUT2D eigenvalue weighted by Crippen LogP contribution is 2.39. The van der Waals surface area contributed by atoms with Crippen molar-refractivity contribution < 1.29 is 9.90 Å². The van der Waals surface area contributed by atoms with Crippen molar-refractivity contribution in [3.8, 4) is 33.6 Å². The SMILES string of the molecule is Cc1c(-c2ccccn2)cc(-c2ccccn2)c(C)c1-c1ccc(C(=O)O)cc1. The number of aromatic carboxylic acids is 1. The lowest BCUT2D eigenvalue weighted by molar-refractivity contribution is 0.0697. The lowest BCUT2D eigenvalue weighted by Crippen LogP contribution is -1.99. The second kappa shape index (κ2) is 7.68. The van der Waals surface area contributed by atoms with Crippen LogP contribution in [0.2, 0.25) is 0 Å². The first-order valence-electron chi connectivity index (χ1n) is 9.37. The van der Waals surface area contributed by atoms with Crippen molar-refractivity contribution in [2.24, 2.45) is 0 Å². The van der Waals surface area contributed by atoms with E-state index in [4.69, 9.17) is 0 Å². The van der Waals surface area contributed by atoms with Crippen molar-refractivity contribution >= 4 is 5.97 Å². The minimum atomic E-state index is -0.929. The summed E-state index contributed by atoms with van der Waals surface area (Å²) >= 11 is 0. The van der Waals surface area contributed by atoms with Crippen molar-refractivity contribution in [2.45, 2.75) is 13.8 Å². The topological polar surface area (TPSA) is 63.1 Å². The Bertz CT molecular complexity index is 1110. The zero-order valence-corrected chi connectivity index (χ0v) is 16.3. The van der Waals surface area contributed by atoms with Gasteiger partial charge in [-0.25, -0.2) is 4.79 Å². The summed E-state index contributed by atoms with van der Waals surface area (Å²) in [6.07, 6.45) is 3.58. The average Bonchev–Trinajstić information content (AvgIpc) is 2.75. The zero-order chi connectivity index (χ0) is 20.4. The van der Waals surface area contributed by atoms with Gasteiger partial charge in [0.15, 0.2) is 0 Å². The Kier molecular flexibility index (Phi) is 4.92. The second-order valence-electron chi connectivity index (χ2n) is 6.91. The van der Waals surface area contributed by atoms with Gasteiger partial charge in [0.05, 0.1) is 17.0 Å². The van der Waals surface area contributed by atoms with Gasteiger partial charge >= 0.3 is 5.97 Å². The predicted molar refractivity (Wildman–Crippen MR) is 115 cm³/mol. The predicted octanol–water partition coefficient (Wildman–Crippen LogP) is 5.79. The van der Waals surface area contributed by atoms with Crippen LogP contribution in [0.15, 0.2) is 79.1 Å². The van der Waals surface area contributed by atoms with Crippen LogP contribution in [0, 0.1) is 13.8 Å². The molecule has 4 heteroatoms. The van der Waals surface area contributed by atoms with Crippen LogP contribution < -0.4 is 0 Å². The molecular formula is C25H20N2O2. The van der Waals surface area contributed by atoms with Crippen LogP contribution in [-0.2, 0) is 0 Å². The number of carboxylic acids is 1. The summed E-state index contributed by atoms with van der Waals surface area (Å²) in [6, 6.07) is 20.9. The van der Waals surface area contributed by atoms with Gasteiger partial charge in [0, 0.05) is 23.5 Å². The zero-order valence-electron chi connectivity index (χ0n) is 16.3. The molecule has 2 aromatic heterocycles. The lowest BCUT2D eigenvalue weighted by Gasteiger charge is -2.19. The van der Waals surface area contributed by atoms with Gasteiger partial charge in [-0.05, 0) is 78.6 Å². The normalized spacial score (nSPS) is 10.7. The fourth-order valence-corrected chi connectivity index (χ4v) is 3.70. The number of aromatic nitrogens is 2. The van der Waals surface area contributed by atoms with Crippen molar-refractivity contribution in [1.82, 2.24) is 9.97 Å². The standard InChI is InChI=1S/C25H20N2O2/c1-16-20(22-7-3-5-13-26-22)15-21(23-8-4-6-14-27-23)17(2)24(16)18-9-11-19(12-10-18)25(28)29/h3-15H,1-2H3,(H,28,29). The number of pyridine rings is 2. The molecule has 0 radical (unpaired) electrons. The number of benzene rings is 2. The summed E-state index contributed by atoms with van der Waals surface area (Å²) in [4.78, 5) is 20.3. The fourth-order valence-electron chi connectivity index (χ4n) is 3.70. The van der Waals surface area contributed by atoms with E-state index in [0.29, 0.717) is 0 Å². The van der Waals surface area contributed by atoms with Gasteiger partial charge in [-0.1, -0.05) is 24.3 Å². The van der Waals surface area contributed by atoms with Crippen LogP contribution in [0.4, 0.5) is 0 Å². The summed E-state index contributed by atoms with van der Waals surface area (Å²) < 4.78 is 0. The van der Waals surface area contributed by atoms with Crippen molar-refractivity contribution in [3.05, 3.63) is 95.8 Å². The Morgan fingerprint density at radius 2 is 1.28 bits per heavy atom. The maximum absolute atomic E-state index is 11.2. The van der Waals surface area contributed by atoms with Crippen molar-refractivity contribution in [2.75, 3.05) is 0 Å². The minimum absolute atomic E-state index is 0.273. The van der Waals surface area contributed by atoms with Crippen LogP contribution in [0.1, 0.15) is 21.5 Å². The Morgan fingerprint density at radius 1 is 0.759 bits per heavy atom. The van der Waals surface area contributed by atoms with Gasteiger partial charge in [-0.3, -0.25) is 9.97 Å². The maximum Gasteiger partial charge on any atom is 0.335 e. The number of rotatable bonds is 4. The molecule has 0 aliphatic rings. The summed E-state index contributed by atoms with van der Waals surface area (Å²) in [5, 5.41) is 9.22. The Labute approximate surface area is 169 Å². The summed E-state index contributed by atoms with van der Waals surface area (Å²) in [7, 11) is 0. The van der Waals surface area contributed by atoms with E-state index in [1.807, 2.05) is 48.5 Å². The average molecular weight is 380 g/mol. The largest absolute Gasteiger partial charge is 0.478 e. The van der Waals surface area contributed by atoms with Crippen LogP contribution >= 0.6 is 0 Å². The molecule has 4 aromatic rings. The minimum Gasteiger partial charge on any atom is -0.478 e. The quantitative estimate of drug-likeness (QED) is 0.486. The molecule has 2 aromatic carbocycles. The Morgan fingerprint density at radius 3 is 1.69 bits per heavy atom. The van der Waals surface area contributed by atoms with Crippen molar-refractivity contribution in [1.29, 1.82) is 0 Å². The first-order valence-corrected chi connectivity index (χ1v) is 9.37. The molecule has 0 saturated heterocycles. The van der Waals surface area contributed by atoms with Gasteiger partial charge < -0.3 is 5.11 Å². The van der Waals surface area contributed by atoms with E-state index in [1.165, 1.54) is 0 Å². The summed E-state index contributed by atoms with van der Waals surface area (Å²) in [5.74, 6) is -0.929. The summed E-state index contributed by atoms with van der Waals surface area (Å²) in [5.41, 5.74) is 8.38. The fraction of sp³-hybridized carbons (Fsp3) is 0.0800. The molecule has 0 aliphatic carbocycles. The van der Waals surface area contributed by atoms with E-state index < -0.39 is 5.97 Å². The van der Waals surface area contributed by atoms with Gasteiger partial charge in [-0.2, -0.15) is 0 Å². The third-order valence-corrected chi connectivity index (χ3v) is 5.15. The van der Waals surface area contributed by atoms with E-state index >= 15 is 0 Å². The monoisotopic (exact) mass is 380 g/mol.